The van der Waals surface area contributed by atoms with E-state index in [0.717, 1.165) is 44.5 Å². The van der Waals surface area contributed by atoms with Crippen molar-refractivity contribution in [1.29, 1.82) is 0 Å². The van der Waals surface area contributed by atoms with Gasteiger partial charge in [-0.3, -0.25) is 0 Å². The maximum atomic E-state index is 12.9. The molecule has 0 unspecified atom stereocenters. The summed E-state index contributed by atoms with van der Waals surface area (Å²) < 4.78 is 17.1. The van der Waals surface area contributed by atoms with E-state index in [9.17, 15) is 9.59 Å². The van der Waals surface area contributed by atoms with Crippen molar-refractivity contribution in [3.05, 3.63) is 100 Å². The number of carbonyl (C=O) groups excluding carboxylic acids is 2. The second-order valence-corrected chi connectivity index (χ2v) is 8.25. The molecule has 6 rings (SSSR count). The minimum absolute atomic E-state index is 0.385. The van der Waals surface area contributed by atoms with E-state index in [2.05, 4.69) is 6.92 Å². The van der Waals surface area contributed by atoms with Gasteiger partial charge in [0.25, 0.3) is 0 Å². The van der Waals surface area contributed by atoms with Gasteiger partial charge in [-0.2, -0.15) is 0 Å². The molecule has 0 aliphatic carbocycles. The number of fused-ring (bicyclic) bond motifs is 5. The van der Waals surface area contributed by atoms with Gasteiger partial charge in [-0.15, -0.1) is 0 Å². The molecule has 5 heteroatoms. The van der Waals surface area contributed by atoms with Crippen molar-refractivity contribution in [1.82, 2.24) is 0 Å². The van der Waals surface area contributed by atoms with Crippen LogP contribution in [0.4, 0.5) is 0 Å². The van der Waals surface area contributed by atoms with Crippen LogP contribution in [0.25, 0.3) is 21.9 Å². The van der Waals surface area contributed by atoms with Crippen LogP contribution in [-0.2, 0) is 9.59 Å². The molecule has 4 aromatic rings. The lowest BCUT2D eigenvalue weighted by molar-refractivity contribution is -0.128. The summed E-state index contributed by atoms with van der Waals surface area (Å²) in [6, 6.07) is 24.4. The molecule has 5 nitrogen and oxygen atoms in total. The highest BCUT2D eigenvalue weighted by Gasteiger charge is 2.30. The third kappa shape index (κ3) is 3.09. The highest BCUT2D eigenvalue weighted by molar-refractivity contribution is 6.23. The predicted octanol–water partition coefficient (Wildman–Crippen LogP) is 3.86. The summed E-state index contributed by atoms with van der Waals surface area (Å²) in [6.45, 7) is 2.70. The molecule has 0 bridgehead atoms. The van der Waals surface area contributed by atoms with Gasteiger partial charge in [-0.1, -0.05) is 49.4 Å². The normalized spacial score (nSPS) is 14.1. The Morgan fingerprint density at radius 1 is 0.647 bits per heavy atom. The Kier molecular flexibility index (Phi) is 4.69. The van der Waals surface area contributed by atoms with Crippen molar-refractivity contribution >= 4 is 33.9 Å². The van der Waals surface area contributed by atoms with E-state index in [0.29, 0.717) is 29.3 Å². The highest BCUT2D eigenvalue weighted by Crippen LogP contribution is 2.35. The van der Waals surface area contributed by atoms with Gasteiger partial charge < -0.3 is 14.2 Å². The minimum atomic E-state index is -0.404. The van der Waals surface area contributed by atoms with Crippen LogP contribution in [0.2, 0.25) is 0 Å². The van der Waals surface area contributed by atoms with Crippen LogP contribution >= 0.6 is 0 Å². The molecule has 2 aliphatic heterocycles. The van der Waals surface area contributed by atoms with Crippen molar-refractivity contribution in [2.24, 2.45) is 0 Å². The van der Waals surface area contributed by atoms with Crippen LogP contribution in [0.1, 0.15) is 24.5 Å². The Morgan fingerprint density at radius 3 is 1.71 bits per heavy atom. The second kappa shape index (κ2) is 7.89. The average Bonchev–Trinajstić information content (AvgIpc) is 3.39. The zero-order chi connectivity index (χ0) is 23.2. The first kappa shape index (κ1) is 20.2. The number of rotatable bonds is 5. The van der Waals surface area contributed by atoms with Gasteiger partial charge in [-0.25, -0.2) is 9.59 Å². The largest absolute Gasteiger partial charge is 0.494 e. The molecule has 0 saturated carbocycles. The lowest BCUT2D eigenvalue weighted by Gasteiger charge is -2.05. The molecule has 4 aromatic carbocycles. The second-order valence-electron chi connectivity index (χ2n) is 8.25. The summed E-state index contributed by atoms with van der Waals surface area (Å²) in [6.07, 6.45) is 0.926. The highest BCUT2D eigenvalue weighted by atomic mass is 16.5. The first-order valence-electron chi connectivity index (χ1n) is 11.2. The molecule has 2 aliphatic rings. The summed E-state index contributed by atoms with van der Waals surface area (Å²) in [5, 5.41) is 2.91. The third-order valence-electron chi connectivity index (χ3n) is 6.12. The SMILES string of the molecule is CCCOc1ccc(C2=c3ccc4c5c(ccc4c3OC2=O)=C(c2ccccc2)C(=O)O5)cc1. The Hall–Kier alpha value is -4.38. The molecule has 0 saturated heterocycles. The van der Waals surface area contributed by atoms with Crippen LogP contribution in [0, 0.1) is 0 Å². The van der Waals surface area contributed by atoms with Gasteiger partial charge in [0, 0.05) is 21.2 Å². The van der Waals surface area contributed by atoms with E-state index in [-0.39, 0.29) is 5.97 Å². The molecule has 0 aromatic heterocycles. The molecule has 34 heavy (non-hydrogen) atoms. The van der Waals surface area contributed by atoms with E-state index in [1.54, 1.807) is 0 Å². The number of ether oxygens (including phenoxy) is 3. The van der Waals surface area contributed by atoms with Gasteiger partial charge >= 0.3 is 11.9 Å². The fourth-order valence-electron chi connectivity index (χ4n) is 4.56. The molecule has 166 valence electrons. The predicted molar refractivity (Wildman–Crippen MR) is 128 cm³/mol. The van der Waals surface area contributed by atoms with Crippen molar-refractivity contribution in [2.45, 2.75) is 13.3 Å². The monoisotopic (exact) mass is 448 g/mol. The van der Waals surface area contributed by atoms with Crippen LogP contribution in [0.5, 0.6) is 17.2 Å². The first-order valence-corrected chi connectivity index (χ1v) is 11.2. The standard InChI is InChI=1S/C29H20O5/c1-2-16-32-19-10-8-18(9-11-19)25-23-15-13-20-21(27(23)34-29(25)31)12-14-22-24(28(30)33-26(20)22)17-6-4-3-5-7-17/h3-15H,2,16H2,1H3. The van der Waals surface area contributed by atoms with Crippen LogP contribution in [-0.4, -0.2) is 18.5 Å². The van der Waals surface area contributed by atoms with Crippen molar-refractivity contribution in [2.75, 3.05) is 6.61 Å². The zero-order valence-electron chi connectivity index (χ0n) is 18.5. The average molecular weight is 448 g/mol. The van der Waals surface area contributed by atoms with Crippen molar-refractivity contribution in [3.8, 4) is 17.2 Å². The molecule has 0 spiro atoms. The smallest absolute Gasteiger partial charge is 0.344 e. The van der Waals surface area contributed by atoms with Gasteiger partial charge in [0.15, 0.2) is 0 Å². The van der Waals surface area contributed by atoms with Crippen LogP contribution in [0.15, 0.2) is 78.9 Å². The number of carbonyl (C=O) groups is 2. The third-order valence-corrected chi connectivity index (χ3v) is 6.12. The fraction of sp³-hybridized carbons (Fsp3) is 0.103. The Labute approximate surface area is 195 Å². The van der Waals surface area contributed by atoms with Crippen LogP contribution < -0.4 is 24.6 Å². The van der Waals surface area contributed by atoms with E-state index in [1.165, 1.54) is 0 Å². The Morgan fingerprint density at radius 2 is 1.18 bits per heavy atom. The van der Waals surface area contributed by atoms with Crippen molar-refractivity contribution in [3.63, 3.8) is 0 Å². The van der Waals surface area contributed by atoms with Gasteiger partial charge in [0.05, 0.1) is 17.8 Å². The number of esters is 2. The lowest BCUT2D eigenvalue weighted by Crippen LogP contribution is -2.07. The molecule has 0 radical (unpaired) electrons. The quantitative estimate of drug-likeness (QED) is 0.343. The maximum absolute atomic E-state index is 12.9. The van der Waals surface area contributed by atoms with E-state index in [4.69, 9.17) is 14.2 Å². The first-order chi connectivity index (χ1) is 16.7. The molecule has 0 atom stereocenters. The summed E-state index contributed by atoms with van der Waals surface area (Å²) >= 11 is 0. The van der Waals surface area contributed by atoms with E-state index in [1.807, 2.05) is 78.9 Å². The van der Waals surface area contributed by atoms with Gasteiger partial charge in [-0.05, 0) is 53.9 Å². The van der Waals surface area contributed by atoms with Crippen LogP contribution in [0.3, 0.4) is 0 Å². The molecule has 0 N–H and O–H groups in total. The summed E-state index contributed by atoms with van der Waals surface area (Å²) in [5.41, 5.74) is 2.61. The summed E-state index contributed by atoms with van der Waals surface area (Å²) in [5.74, 6) is 0.948. The topological polar surface area (TPSA) is 61.8 Å². The Bertz CT molecular complexity index is 1600. The van der Waals surface area contributed by atoms with Gasteiger partial charge in [0.1, 0.15) is 17.2 Å². The van der Waals surface area contributed by atoms with Crippen molar-refractivity contribution < 1.29 is 23.8 Å². The lowest BCUT2D eigenvalue weighted by atomic mass is 9.99. The minimum Gasteiger partial charge on any atom is -0.494 e. The Balaban J connectivity index is 1.52. The maximum Gasteiger partial charge on any atom is 0.344 e. The van der Waals surface area contributed by atoms with E-state index >= 15 is 0 Å². The zero-order valence-corrected chi connectivity index (χ0v) is 18.5. The molecular weight excluding hydrogens is 428 g/mol. The number of benzene rings is 4. The summed E-state index contributed by atoms with van der Waals surface area (Å²) in [7, 11) is 0. The van der Waals surface area contributed by atoms with Gasteiger partial charge in [0.2, 0.25) is 0 Å². The molecule has 0 fully saturated rings. The molecule has 0 amide bonds. The molecule has 2 heterocycles. The number of hydrogen-bond donors (Lipinski definition) is 0. The van der Waals surface area contributed by atoms with E-state index < -0.39 is 5.97 Å². The number of hydrogen-bond acceptors (Lipinski definition) is 5. The molecular formula is C29H20O5. The fourth-order valence-corrected chi connectivity index (χ4v) is 4.56. The summed E-state index contributed by atoms with van der Waals surface area (Å²) in [4.78, 5) is 25.6.